The van der Waals surface area contributed by atoms with Crippen LogP contribution in [-0.4, -0.2) is 19.2 Å². The molecule has 0 atom stereocenters. The first-order valence-electron chi connectivity index (χ1n) is 6.30. The lowest BCUT2D eigenvalue weighted by atomic mass is 10.2. The van der Waals surface area contributed by atoms with E-state index >= 15 is 0 Å². The van der Waals surface area contributed by atoms with E-state index in [-0.39, 0.29) is 0 Å². The maximum Gasteiger partial charge on any atom is 0.119 e. The Morgan fingerprint density at radius 1 is 1.12 bits per heavy atom. The van der Waals surface area contributed by atoms with Crippen molar-refractivity contribution in [2.45, 2.75) is 39.2 Å². The number of hydrogen-bond donors (Lipinski definition) is 1. The molecule has 0 saturated carbocycles. The molecule has 1 rings (SSSR count). The van der Waals surface area contributed by atoms with Crippen molar-refractivity contribution in [3.05, 3.63) is 28.7 Å². The van der Waals surface area contributed by atoms with Gasteiger partial charge in [-0.15, -0.1) is 0 Å². The van der Waals surface area contributed by atoms with Crippen molar-refractivity contribution in [1.82, 2.24) is 5.32 Å². The summed E-state index contributed by atoms with van der Waals surface area (Å²) >= 11 is 3.40. The minimum atomic E-state index is 0.592. The van der Waals surface area contributed by atoms with Crippen LogP contribution in [0.1, 0.15) is 33.1 Å². The molecule has 0 aliphatic carbocycles. The molecular formula is C14H22BrNO. The van der Waals surface area contributed by atoms with Gasteiger partial charge in [0.05, 0.1) is 6.61 Å². The highest BCUT2D eigenvalue weighted by atomic mass is 79.9. The summed E-state index contributed by atoms with van der Waals surface area (Å²) in [5.41, 5.74) is 0. The van der Waals surface area contributed by atoms with Crippen LogP contribution in [0.3, 0.4) is 0 Å². The Morgan fingerprint density at radius 2 is 1.82 bits per heavy atom. The zero-order valence-electron chi connectivity index (χ0n) is 10.7. The molecule has 17 heavy (non-hydrogen) atoms. The smallest absolute Gasteiger partial charge is 0.119 e. The van der Waals surface area contributed by atoms with Crippen molar-refractivity contribution < 1.29 is 4.74 Å². The van der Waals surface area contributed by atoms with Crippen molar-refractivity contribution in [3.63, 3.8) is 0 Å². The fraction of sp³-hybridized carbons (Fsp3) is 0.571. The lowest BCUT2D eigenvalue weighted by Gasteiger charge is -2.08. The monoisotopic (exact) mass is 299 g/mol. The Labute approximate surface area is 113 Å². The van der Waals surface area contributed by atoms with E-state index in [4.69, 9.17) is 4.74 Å². The third kappa shape index (κ3) is 7.40. The highest BCUT2D eigenvalue weighted by molar-refractivity contribution is 9.10. The van der Waals surface area contributed by atoms with Gasteiger partial charge in [0, 0.05) is 10.5 Å². The highest BCUT2D eigenvalue weighted by Crippen LogP contribution is 2.16. The van der Waals surface area contributed by atoms with Crippen LogP contribution in [0.15, 0.2) is 28.7 Å². The van der Waals surface area contributed by atoms with Gasteiger partial charge < -0.3 is 10.1 Å². The van der Waals surface area contributed by atoms with Crippen LogP contribution in [0.2, 0.25) is 0 Å². The van der Waals surface area contributed by atoms with Crippen LogP contribution in [0.25, 0.3) is 0 Å². The van der Waals surface area contributed by atoms with Gasteiger partial charge in [0.2, 0.25) is 0 Å². The molecule has 0 fully saturated rings. The molecule has 0 spiro atoms. The predicted octanol–water partition coefficient (Wildman–Crippen LogP) is 4.00. The van der Waals surface area contributed by atoms with Crippen molar-refractivity contribution in [2.24, 2.45) is 0 Å². The van der Waals surface area contributed by atoms with Crippen molar-refractivity contribution in [3.8, 4) is 5.75 Å². The fourth-order valence-electron chi connectivity index (χ4n) is 1.52. The van der Waals surface area contributed by atoms with Gasteiger partial charge >= 0.3 is 0 Å². The maximum absolute atomic E-state index is 5.65. The second kappa shape index (κ2) is 8.54. The Morgan fingerprint density at radius 3 is 2.47 bits per heavy atom. The number of benzene rings is 1. The quantitative estimate of drug-likeness (QED) is 0.733. The molecule has 0 aliphatic heterocycles. The minimum Gasteiger partial charge on any atom is -0.494 e. The molecule has 0 unspecified atom stereocenters. The van der Waals surface area contributed by atoms with Gasteiger partial charge in [0.1, 0.15) is 5.75 Å². The van der Waals surface area contributed by atoms with Gasteiger partial charge in [-0.2, -0.15) is 0 Å². The third-order valence-corrected chi connectivity index (χ3v) is 2.98. The van der Waals surface area contributed by atoms with Crippen molar-refractivity contribution >= 4 is 15.9 Å². The topological polar surface area (TPSA) is 21.3 Å². The minimum absolute atomic E-state index is 0.592. The lowest BCUT2D eigenvalue weighted by molar-refractivity contribution is 0.304. The van der Waals surface area contributed by atoms with Crippen LogP contribution in [0.4, 0.5) is 0 Å². The van der Waals surface area contributed by atoms with Crippen LogP contribution >= 0.6 is 15.9 Å². The van der Waals surface area contributed by atoms with Crippen molar-refractivity contribution in [2.75, 3.05) is 13.2 Å². The SMILES string of the molecule is CC(C)NCCCCCOc1ccc(Br)cc1. The van der Waals surface area contributed by atoms with E-state index in [1.807, 2.05) is 24.3 Å². The zero-order valence-corrected chi connectivity index (χ0v) is 12.3. The average Bonchev–Trinajstić information content (AvgIpc) is 2.30. The van der Waals surface area contributed by atoms with Crippen LogP contribution in [0.5, 0.6) is 5.75 Å². The molecule has 0 amide bonds. The molecule has 0 radical (unpaired) electrons. The Balaban J connectivity index is 1.99. The summed E-state index contributed by atoms with van der Waals surface area (Å²) in [5.74, 6) is 0.952. The van der Waals surface area contributed by atoms with Crippen LogP contribution in [0, 0.1) is 0 Å². The molecule has 1 N–H and O–H groups in total. The average molecular weight is 300 g/mol. The number of ether oxygens (including phenoxy) is 1. The van der Waals surface area contributed by atoms with Gasteiger partial charge in [-0.05, 0) is 50.1 Å². The molecule has 0 bridgehead atoms. The number of hydrogen-bond acceptors (Lipinski definition) is 2. The Bertz CT molecular complexity index is 298. The molecule has 96 valence electrons. The second-order valence-electron chi connectivity index (χ2n) is 4.47. The molecule has 0 aromatic heterocycles. The molecule has 1 aromatic rings. The van der Waals surface area contributed by atoms with Gasteiger partial charge in [-0.1, -0.05) is 29.8 Å². The first-order chi connectivity index (χ1) is 8.18. The standard InChI is InChI=1S/C14H22BrNO/c1-12(2)16-10-4-3-5-11-17-14-8-6-13(15)7-9-14/h6-9,12,16H,3-5,10-11H2,1-2H3. The summed E-state index contributed by atoms with van der Waals surface area (Å²) in [6.07, 6.45) is 3.56. The first-order valence-corrected chi connectivity index (χ1v) is 7.09. The molecule has 0 saturated heterocycles. The Hall–Kier alpha value is -0.540. The first kappa shape index (κ1) is 14.5. The molecule has 0 aliphatic rings. The summed E-state index contributed by atoms with van der Waals surface area (Å²) in [6, 6.07) is 8.58. The van der Waals surface area contributed by atoms with E-state index in [1.165, 1.54) is 12.8 Å². The zero-order chi connectivity index (χ0) is 12.5. The summed E-state index contributed by atoms with van der Waals surface area (Å²) in [6.45, 7) is 6.27. The third-order valence-electron chi connectivity index (χ3n) is 2.46. The second-order valence-corrected chi connectivity index (χ2v) is 5.39. The maximum atomic E-state index is 5.65. The van der Waals surface area contributed by atoms with Gasteiger partial charge in [0.25, 0.3) is 0 Å². The van der Waals surface area contributed by atoms with Crippen LogP contribution < -0.4 is 10.1 Å². The predicted molar refractivity (Wildman–Crippen MR) is 76.6 cm³/mol. The summed E-state index contributed by atoms with van der Waals surface area (Å²) in [4.78, 5) is 0. The van der Waals surface area contributed by atoms with E-state index in [9.17, 15) is 0 Å². The van der Waals surface area contributed by atoms with Gasteiger partial charge in [0.15, 0.2) is 0 Å². The van der Waals surface area contributed by atoms with Gasteiger partial charge in [-0.3, -0.25) is 0 Å². The largest absolute Gasteiger partial charge is 0.494 e. The van der Waals surface area contributed by atoms with Crippen molar-refractivity contribution in [1.29, 1.82) is 0 Å². The molecule has 0 heterocycles. The van der Waals surface area contributed by atoms with E-state index in [0.717, 1.165) is 29.8 Å². The number of rotatable bonds is 8. The number of unbranched alkanes of at least 4 members (excludes halogenated alkanes) is 2. The summed E-state index contributed by atoms with van der Waals surface area (Å²) < 4.78 is 6.74. The number of halogens is 1. The van der Waals surface area contributed by atoms with Crippen LogP contribution in [-0.2, 0) is 0 Å². The van der Waals surface area contributed by atoms with E-state index in [2.05, 4.69) is 35.1 Å². The van der Waals surface area contributed by atoms with E-state index in [0.29, 0.717) is 6.04 Å². The van der Waals surface area contributed by atoms with E-state index in [1.54, 1.807) is 0 Å². The lowest BCUT2D eigenvalue weighted by Crippen LogP contribution is -2.23. The fourth-order valence-corrected chi connectivity index (χ4v) is 1.78. The highest BCUT2D eigenvalue weighted by Gasteiger charge is 1.95. The molecule has 2 nitrogen and oxygen atoms in total. The van der Waals surface area contributed by atoms with Gasteiger partial charge in [-0.25, -0.2) is 0 Å². The molecular weight excluding hydrogens is 278 g/mol. The molecule has 1 aromatic carbocycles. The summed E-state index contributed by atoms with van der Waals surface area (Å²) in [5, 5.41) is 3.41. The summed E-state index contributed by atoms with van der Waals surface area (Å²) in [7, 11) is 0. The number of nitrogens with one attached hydrogen (secondary N) is 1. The Kier molecular flexibility index (Phi) is 7.29. The molecule has 3 heteroatoms. The normalized spacial score (nSPS) is 10.8. The van der Waals surface area contributed by atoms with E-state index < -0.39 is 0 Å².